The van der Waals surface area contributed by atoms with Crippen LogP contribution in [0.3, 0.4) is 0 Å². The minimum Gasteiger partial charge on any atom is -0.497 e. The molecule has 4 heteroatoms. The molecule has 20 heavy (non-hydrogen) atoms. The summed E-state index contributed by atoms with van der Waals surface area (Å²) in [7, 11) is 1.67. The Hall–Kier alpha value is -1.55. The number of rotatable bonds is 8. The molecule has 1 saturated carbocycles. The monoisotopic (exact) mass is 276 g/mol. The maximum absolute atomic E-state index is 12.0. The fourth-order valence-corrected chi connectivity index (χ4v) is 2.35. The first kappa shape index (κ1) is 14.9. The van der Waals surface area contributed by atoms with E-state index in [2.05, 4.69) is 17.4 Å². The largest absolute Gasteiger partial charge is 0.497 e. The van der Waals surface area contributed by atoms with E-state index in [-0.39, 0.29) is 5.91 Å². The average molecular weight is 276 g/mol. The van der Waals surface area contributed by atoms with Crippen molar-refractivity contribution in [1.29, 1.82) is 0 Å². The summed E-state index contributed by atoms with van der Waals surface area (Å²) in [6, 6.07) is 8.56. The first-order valence-corrected chi connectivity index (χ1v) is 7.37. The van der Waals surface area contributed by atoms with Crippen LogP contribution in [0.15, 0.2) is 24.3 Å². The van der Waals surface area contributed by atoms with Gasteiger partial charge in [-0.1, -0.05) is 12.1 Å². The molecule has 0 atom stereocenters. The van der Waals surface area contributed by atoms with Crippen molar-refractivity contribution < 1.29 is 9.53 Å². The van der Waals surface area contributed by atoms with E-state index in [4.69, 9.17) is 4.74 Å². The predicted molar refractivity (Wildman–Crippen MR) is 80.0 cm³/mol. The van der Waals surface area contributed by atoms with Crippen LogP contribution < -0.4 is 10.1 Å². The minimum atomic E-state index is 0.227. The lowest BCUT2D eigenvalue weighted by atomic mass is 10.1. The second-order valence-corrected chi connectivity index (χ2v) is 5.19. The summed E-state index contributed by atoms with van der Waals surface area (Å²) in [6.07, 6.45) is 3.27. The van der Waals surface area contributed by atoms with Gasteiger partial charge in [-0.3, -0.25) is 4.79 Å². The lowest BCUT2D eigenvalue weighted by Gasteiger charge is -2.20. The molecule has 1 N–H and O–H groups in total. The Morgan fingerprint density at radius 2 is 2.05 bits per heavy atom. The molecule has 0 bridgehead atoms. The molecule has 4 nitrogen and oxygen atoms in total. The Labute approximate surface area is 121 Å². The normalized spacial score (nSPS) is 14.1. The summed E-state index contributed by atoms with van der Waals surface area (Å²) in [5.41, 5.74) is 1.25. The van der Waals surface area contributed by atoms with Crippen molar-refractivity contribution in [2.24, 2.45) is 0 Å². The zero-order chi connectivity index (χ0) is 14.4. The standard InChI is InChI=1S/C16H24N2O2/c1-3-18(14-6-7-14)16(19)12-17-11-10-13-4-8-15(20-2)9-5-13/h4-5,8-9,14,17H,3,6-7,10-12H2,1-2H3. The predicted octanol–water partition coefficient (Wildman–Crippen LogP) is 1.84. The second-order valence-electron chi connectivity index (χ2n) is 5.19. The fraction of sp³-hybridized carbons (Fsp3) is 0.562. The van der Waals surface area contributed by atoms with Gasteiger partial charge in [0.2, 0.25) is 5.91 Å². The van der Waals surface area contributed by atoms with Crippen molar-refractivity contribution in [1.82, 2.24) is 10.2 Å². The van der Waals surface area contributed by atoms with E-state index in [1.54, 1.807) is 7.11 Å². The minimum absolute atomic E-state index is 0.227. The fourth-order valence-electron chi connectivity index (χ4n) is 2.35. The molecule has 1 aliphatic carbocycles. The van der Waals surface area contributed by atoms with Gasteiger partial charge in [-0.2, -0.15) is 0 Å². The third kappa shape index (κ3) is 4.23. The van der Waals surface area contributed by atoms with E-state index in [1.165, 1.54) is 18.4 Å². The van der Waals surface area contributed by atoms with Gasteiger partial charge < -0.3 is 15.0 Å². The molecule has 0 unspecified atom stereocenters. The summed E-state index contributed by atoms with van der Waals surface area (Å²) < 4.78 is 5.13. The van der Waals surface area contributed by atoms with Gasteiger partial charge in [0.05, 0.1) is 13.7 Å². The summed E-state index contributed by atoms with van der Waals surface area (Å²) in [5.74, 6) is 1.10. The highest BCUT2D eigenvalue weighted by atomic mass is 16.5. The highest BCUT2D eigenvalue weighted by Crippen LogP contribution is 2.26. The molecule has 110 valence electrons. The molecule has 0 radical (unpaired) electrons. The van der Waals surface area contributed by atoms with Gasteiger partial charge in [0.15, 0.2) is 0 Å². The molecule has 1 fully saturated rings. The topological polar surface area (TPSA) is 41.6 Å². The van der Waals surface area contributed by atoms with E-state index in [0.717, 1.165) is 25.3 Å². The third-order valence-electron chi connectivity index (χ3n) is 3.67. The van der Waals surface area contributed by atoms with Gasteiger partial charge >= 0.3 is 0 Å². The van der Waals surface area contributed by atoms with Crippen LogP contribution >= 0.6 is 0 Å². The van der Waals surface area contributed by atoms with Crippen molar-refractivity contribution in [3.63, 3.8) is 0 Å². The number of likely N-dealkylation sites (N-methyl/N-ethyl adjacent to an activating group) is 1. The maximum Gasteiger partial charge on any atom is 0.236 e. The van der Waals surface area contributed by atoms with Crippen molar-refractivity contribution in [2.45, 2.75) is 32.2 Å². The number of amides is 1. The molecule has 1 amide bonds. The van der Waals surface area contributed by atoms with Gasteiger partial charge in [-0.15, -0.1) is 0 Å². The number of carbonyl (C=O) groups is 1. The highest BCUT2D eigenvalue weighted by molar-refractivity contribution is 5.78. The molecule has 0 saturated heterocycles. The van der Waals surface area contributed by atoms with Crippen molar-refractivity contribution in [2.75, 3.05) is 26.7 Å². The molecular weight excluding hydrogens is 252 g/mol. The summed E-state index contributed by atoms with van der Waals surface area (Å²) in [6.45, 7) is 4.14. The van der Waals surface area contributed by atoms with Crippen LogP contribution in [0.1, 0.15) is 25.3 Å². The van der Waals surface area contributed by atoms with Crippen LogP contribution in [0.5, 0.6) is 5.75 Å². The number of hydrogen-bond donors (Lipinski definition) is 1. The van der Waals surface area contributed by atoms with E-state index >= 15 is 0 Å². The molecule has 1 aromatic rings. The smallest absolute Gasteiger partial charge is 0.236 e. The number of nitrogens with zero attached hydrogens (tertiary/aromatic N) is 1. The molecule has 0 aliphatic heterocycles. The Bertz CT molecular complexity index is 427. The van der Waals surface area contributed by atoms with Crippen molar-refractivity contribution >= 4 is 5.91 Å². The summed E-state index contributed by atoms with van der Waals surface area (Å²) >= 11 is 0. The number of hydrogen-bond acceptors (Lipinski definition) is 3. The van der Waals surface area contributed by atoms with Gasteiger partial charge in [-0.05, 0) is 50.4 Å². The van der Waals surface area contributed by atoms with E-state index in [1.807, 2.05) is 24.0 Å². The first-order valence-electron chi connectivity index (χ1n) is 7.37. The van der Waals surface area contributed by atoms with E-state index in [0.29, 0.717) is 12.6 Å². The van der Waals surface area contributed by atoms with Crippen molar-refractivity contribution in [3.05, 3.63) is 29.8 Å². The second kappa shape index (κ2) is 7.29. The molecule has 2 rings (SSSR count). The Morgan fingerprint density at radius 3 is 2.60 bits per heavy atom. The molecule has 0 spiro atoms. The zero-order valence-electron chi connectivity index (χ0n) is 12.4. The summed E-state index contributed by atoms with van der Waals surface area (Å²) in [4.78, 5) is 14.0. The molecular formula is C16H24N2O2. The quantitative estimate of drug-likeness (QED) is 0.737. The third-order valence-corrected chi connectivity index (χ3v) is 3.67. The number of nitrogens with one attached hydrogen (secondary N) is 1. The van der Waals surface area contributed by atoms with Crippen molar-refractivity contribution in [3.8, 4) is 5.75 Å². The van der Waals surface area contributed by atoms with Gasteiger partial charge in [-0.25, -0.2) is 0 Å². The number of ether oxygens (including phenoxy) is 1. The van der Waals surface area contributed by atoms with Crippen LogP contribution in [0, 0.1) is 0 Å². The molecule has 1 aromatic carbocycles. The SMILES string of the molecule is CCN(C(=O)CNCCc1ccc(OC)cc1)C1CC1. The Kier molecular flexibility index (Phi) is 5.41. The maximum atomic E-state index is 12.0. The Balaban J connectivity index is 1.66. The van der Waals surface area contributed by atoms with Crippen LogP contribution in [0.4, 0.5) is 0 Å². The molecule has 0 aromatic heterocycles. The first-order chi connectivity index (χ1) is 9.74. The van der Waals surface area contributed by atoms with Crippen LogP contribution in [0.25, 0.3) is 0 Å². The number of carbonyl (C=O) groups excluding carboxylic acids is 1. The van der Waals surface area contributed by atoms with Gasteiger partial charge in [0, 0.05) is 12.6 Å². The van der Waals surface area contributed by atoms with Crippen LogP contribution in [-0.4, -0.2) is 43.6 Å². The van der Waals surface area contributed by atoms with Gasteiger partial charge in [0.25, 0.3) is 0 Å². The summed E-state index contributed by atoms with van der Waals surface area (Å²) in [5, 5.41) is 3.24. The molecule has 1 aliphatic rings. The van der Waals surface area contributed by atoms with E-state index < -0.39 is 0 Å². The van der Waals surface area contributed by atoms with Gasteiger partial charge in [0.1, 0.15) is 5.75 Å². The number of benzene rings is 1. The number of methoxy groups -OCH3 is 1. The lowest BCUT2D eigenvalue weighted by Crippen LogP contribution is -2.39. The van der Waals surface area contributed by atoms with Crippen LogP contribution in [0.2, 0.25) is 0 Å². The van der Waals surface area contributed by atoms with Crippen LogP contribution in [-0.2, 0) is 11.2 Å². The zero-order valence-corrected chi connectivity index (χ0v) is 12.4. The Morgan fingerprint density at radius 1 is 1.35 bits per heavy atom. The molecule has 0 heterocycles. The average Bonchev–Trinajstić information content (AvgIpc) is 3.30. The van der Waals surface area contributed by atoms with E-state index in [9.17, 15) is 4.79 Å². The lowest BCUT2D eigenvalue weighted by molar-refractivity contribution is -0.130. The highest BCUT2D eigenvalue weighted by Gasteiger charge is 2.30.